The lowest BCUT2D eigenvalue weighted by atomic mass is 9.85. The highest BCUT2D eigenvalue weighted by Gasteiger charge is 2.36. The molecule has 0 saturated carbocycles. The van der Waals surface area contributed by atoms with Crippen LogP contribution >= 0.6 is 0 Å². The van der Waals surface area contributed by atoms with Crippen LogP contribution in [0.4, 0.5) is 5.82 Å². The number of aromatic nitrogens is 4. The van der Waals surface area contributed by atoms with Gasteiger partial charge in [-0.05, 0) is 33.8 Å². The van der Waals surface area contributed by atoms with Gasteiger partial charge < -0.3 is 5.32 Å². The number of ketones is 1. The smallest absolute Gasteiger partial charge is 0.252 e. The predicted molar refractivity (Wildman–Crippen MR) is 105 cm³/mol. The van der Waals surface area contributed by atoms with Gasteiger partial charge in [0.05, 0.1) is 11.6 Å². The monoisotopic (exact) mass is 375 g/mol. The maximum atomic E-state index is 13.2. The molecular weight excluding hydrogens is 354 g/mol. The summed E-state index contributed by atoms with van der Waals surface area (Å²) in [6.07, 6.45) is 0.0972. The highest BCUT2D eigenvalue weighted by Crippen LogP contribution is 2.37. The maximum absolute atomic E-state index is 13.2. The number of anilines is 1. The van der Waals surface area contributed by atoms with Gasteiger partial charge in [-0.1, -0.05) is 29.8 Å². The number of Topliss-reactive ketones (excluding diaryl/α,β-unsaturated/α-hetero) is 1. The molecule has 1 N–H and O–H groups in total. The van der Waals surface area contributed by atoms with Crippen LogP contribution in [0.15, 0.2) is 30.3 Å². The Kier molecular flexibility index (Phi) is 4.30. The Hall–Kier alpha value is -3.35. The Morgan fingerprint density at radius 3 is 2.36 bits per heavy atom. The van der Waals surface area contributed by atoms with Crippen LogP contribution in [0.5, 0.6) is 0 Å². The summed E-state index contributed by atoms with van der Waals surface area (Å²) in [5.74, 6) is -0.0236. The van der Waals surface area contributed by atoms with Crippen LogP contribution in [0.25, 0.3) is 5.95 Å². The average Bonchev–Trinajstić information content (AvgIpc) is 2.97. The fourth-order valence-electron chi connectivity index (χ4n) is 3.64. The largest absolute Gasteiger partial charge is 0.310 e. The Bertz CT molecular complexity index is 1080. The third-order valence-electron chi connectivity index (χ3n) is 4.92. The number of amides is 1. The Balaban J connectivity index is 1.83. The second-order valence-corrected chi connectivity index (χ2v) is 7.25. The zero-order chi connectivity index (χ0) is 20.0. The van der Waals surface area contributed by atoms with E-state index in [1.165, 1.54) is 4.68 Å². The highest BCUT2D eigenvalue weighted by atomic mass is 16.2. The summed E-state index contributed by atoms with van der Waals surface area (Å²) in [4.78, 5) is 34.5. The number of rotatable bonds is 3. The third-order valence-corrected chi connectivity index (χ3v) is 4.92. The molecule has 3 heterocycles. The second kappa shape index (κ2) is 6.67. The lowest BCUT2D eigenvalue weighted by Crippen LogP contribution is -2.28. The van der Waals surface area contributed by atoms with E-state index in [0.717, 1.165) is 22.5 Å². The molecule has 142 valence electrons. The molecule has 0 fully saturated rings. The van der Waals surface area contributed by atoms with E-state index in [-0.39, 0.29) is 18.1 Å². The SMILES string of the molecule is Cc1ccc(C(=O)C2CC(=O)Nc3c2c(C)nn3-c2nc(C)cc(C)n2)cc1. The average molecular weight is 375 g/mol. The van der Waals surface area contributed by atoms with E-state index in [1.54, 1.807) is 12.1 Å². The molecule has 0 saturated heterocycles. The van der Waals surface area contributed by atoms with E-state index in [4.69, 9.17) is 0 Å². The number of hydrogen-bond donors (Lipinski definition) is 1. The van der Waals surface area contributed by atoms with E-state index >= 15 is 0 Å². The first kappa shape index (κ1) is 18.0. The normalized spacial score (nSPS) is 15.9. The van der Waals surface area contributed by atoms with Crippen LogP contribution in [0.2, 0.25) is 0 Å². The molecule has 7 nitrogen and oxygen atoms in total. The minimum absolute atomic E-state index is 0.0832. The number of carbonyl (C=O) groups excluding carboxylic acids is 2. The Labute approximate surface area is 162 Å². The van der Waals surface area contributed by atoms with Gasteiger partial charge in [0.25, 0.3) is 5.95 Å². The van der Waals surface area contributed by atoms with Gasteiger partial charge in [0.2, 0.25) is 5.91 Å². The number of carbonyl (C=O) groups is 2. The standard InChI is InChI=1S/C21H21N5O2/c1-11-5-7-15(8-6-11)19(28)16-10-17(27)24-20-18(16)14(4)25-26(20)21-22-12(2)9-13(3)23-21/h5-9,16H,10H2,1-4H3,(H,24,27). The summed E-state index contributed by atoms with van der Waals surface area (Å²) in [7, 11) is 0. The van der Waals surface area contributed by atoms with Crippen molar-refractivity contribution in [3.63, 3.8) is 0 Å². The number of nitrogens with one attached hydrogen (secondary N) is 1. The minimum atomic E-state index is -0.578. The van der Waals surface area contributed by atoms with Crippen LogP contribution in [-0.2, 0) is 4.79 Å². The van der Waals surface area contributed by atoms with E-state index in [0.29, 0.717) is 23.0 Å². The van der Waals surface area contributed by atoms with Crippen molar-refractivity contribution in [1.82, 2.24) is 19.7 Å². The molecule has 0 spiro atoms. The molecule has 2 aromatic heterocycles. The molecule has 1 amide bonds. The molecule has 1 aliphatic rings. The van der Waals surface area contributed by atoms with Crippen LogP contribution in [-0.4, -0.2) is 31.4 Å². The van der Waals surface area contributed by atoms with Crippen LogP contribution in [0.3, 0.4) is 0 Å². The highest BCUT2D eigenvalue weighted by molar-refractivity contribution is 6.07. The number of benzene rings is 1. The molecule has 4 rings (SSSR count). The molecule has 1 aliphatic heterocycles. The number of nitrogens with zero attached hydrogens (tertiary/aromatic N) is 4. The van der Waals surface area contributed by atoms with Gasteiger partial charge in [-0.25, -0.2) is 9.97 Å². The summed E-state index contributed by atoms with van der Waals surface area (Å²) in [6.45, 7) is 7.57. The van der Waals surface area contributed by atoms with Crippen molar-refractivity contribution in [3.05, 3.63) is 64.1 Å². The van der Waals surface area contributed by atoms with Crippen molar-refractivity contribution < 1.29 is 9.59 Å². The summed E-state index contributed by atoms with van der Waals surface area (Å²) >= 11 is 0. The summed E-state index contributed by atoms with van der Waals surface area (Å²) in [5, 5.41) is 7.41. The van der Waals surface area contributed by atoms with Gasteiger partial charge in [-0.2, -0.15) is 9.78 Å². The molecule has 28 heavy (non-hydrogen) atoms. The molecular formula is C21H21N5O2. The molecule has 0 radical (unpaired) electrons. The molecule has 1 unspecified atom stereocenters. The lowest BCUT2D eigenvalue weighted by Gasteiger charge is -2.23. The van der Waals surface area contributed by atoms with Gasteiger partial charge in [-0.15, -0.1) is 0 Å². The molecule has 1 aromatic carbocycles. The number of fused-ring (bicyclic) bond motifs is 1. The van der Waals surface area contributed by atoms with E-state index < -0.39 is 5.92 Å². The summed E-state index contributed by atoms with van der Waals surface area (Å²) < 4.78 is 1.52. The van der Waals surface area contributed by atoms with Crippen molar-refractivity contribution in [2.75, 3.05) is 5.32 Å². The van der Waals surface area contributed by atoms with Gasteiger partial charge in [0.1, 0.15) is 5.82 Å². The minimum Gasteiger partial charge on any atom is -0.310 e. The number of hydrogen-bond acceptors (Lipinski definition) is 5. The van der Waals surface area contributed by atoms with Crippen LogP contribution < -0.4 is 5.32 Å². The Morgan fingerprint density at radius 2 is 1.71 bits per heavy atom. The number of aryl methyl sites for hydroxylation is 4. The molecule has 7 heteroatoms. The van der Waals surface area contributed by atoms with Gasteiger partial charge in [0, 0.05) is 28.9 Å². The van der Waals surface area contributed by atoms with Gasteiger partial charge in [0.15, 0.2) is 5.78 Å². The topological polar surface area (TPSA) is 89.8 Å². The molecule has 0 aliphatic carbocycles. The van der Waals surface area contributed by atoms with Crippen molar-refractivity contribution in [2.45, 2.75) is 40.0 Å². The first-order valence-electron chi connectivity index (χ1n) is 9.16. The van der Waals surface area contributed by atoms with Crippen molar-refractivity contribution in [3.8, 4) is 5.95 Å². The quantitative estimate of drug-likeness (QED) is 0.710. The fourth-order valence-corrected chi connectivity index (χ4v) is 3.64. The first-order chi connectivity index (χ1) is 13.3. The molecule has 1 atom stereocenters. The molecule has 3 aromatic rings. The first-order valence-corrected chi connectivity index (χ1v) is 9.16. The maximum Gasteiger partial charge on any atom is 0.252 e. The van der Waals surface area contributed by atoms with E-state index in [1.807, 2.05) is 45.9 Å². The summed E-state index contributed by atoms with van der Waals surface area (Å²) in [5.41, 5.74) is 4.69. The fraction of sp³-hybridized carbons (Fsp3) is 0.286. The third kappa shape index (κ3) is 3.09. The van der Waals surface area contributed by atoms with Crippen molar-refractivity contribution in [2.24, 2.45) is 0 Å². The zero-order valence-corrected chi connectivity index (χ0v) is 16.3. The zero-order valence-electron chi connectivity index (χ0n) is 16.3. The van der Waals surface area contributed by atoms with Gasteiger partial charge >= 0.3 is 0 Å². The van der Waals surface area contributed by atoms with E-state index in [2.05, 4.69) is 20.4 Å². The van der Waals surface area contributed by atoms with Crippen LogP contribution in [0.1, 0.15) is 50.9 Å². The second-order valence-electron chi connectivity index (χ2n) is 7.25. The molecule has 0 bridgehead atoms. The lowest BCUT2D eigenvalue weighted by molar-refractivity contribution is -0.116. The van der Waals surface area contributed by atoms with Gasteiger partial charge in [-0.3, -0.25) is 9.59 Å². The van der Waals surface area contributed by atoms with E-state index in [9.17, 15) is 9.59 Å². The van der Waals surface area contributed by atoms with Crippen molar-refractivity contribution in [1.29, 1.82) is 0 Å². The predicted octanol–water partition coefficient (Wildman–Crippen LogP) is 3.20. The van der Waals surface area contributed by atoms with Crippen LogP contribution in [0, 0.1) is 27.7 Å². The summed E-state index contributed by atoms with van der Waals surface area (Å²) in [6, 6.07) is 9.27. The Morgan fingerprint density at radius 1 is 1.07 bits per heavy atom. The van der Waals surface area contributed by atoms with Crippen molar-refractivity contribution >= 4 is 17.5 Å².